The van der Waals surface area contributed by atoms with Gasteiger partial charge in [-0.15, -0.1) is 0 Å². The second kappa shape index (κ2) is 62.5. The van der Waals surface area contributed by atoms with Crippen LogP contribution in [0.1, 0.15) is 192 Å². The number of carbonyl (C=O) groups excluding carboxylic acids is 9. The maximum absolute atomic E-state index is 11.8. The Bertz CT molecular complexity index is 1880. The van der Waals surface area contributed by atoms with Gasteiger partial charge in [-0.3, -0.25) is 28.8 Å². The van der Waals surface area contributed by atoms with E-state index in [0.29, 0.717) is 97.4 Å². The number of carbonyl (C=O) groups is 9. The summed E-state index contributed by atoms with van der Waals surface area (Å²) >= 11 is 0. The van der Waals surface area contributed by atoms with E-state index < -0.39 is 41.5 Å². The first-order valence-electron chi connectivity index (χ1n) is 32.0. The van der Waals surface area contributed by atoms with E-state index >= 15 is 0 Å². The Kier molecular flexibility index (Phi) is 63.7. The normalized spacial score (nSPS) is 20.5. The Morgan fingerprint density at radius 2 is 0.609 bits per heavy atom. The topological polar surface area (TPSA) is 427 Å². The van der Waals surface area contributed by atoms with E-state index in [-0.39, 0.29) is 176 Å². The average Bonchev–Trinajstić information content (AvgIpc) is 1.88. The third kappa shape index (κ3) is 68.3. The summed E-state index contributed by atoms with van der Waals surface area (Å²) in [6.07, 6.45) is 5.80. The Morgan fingerprint density at radius 3 is 0.739 bits per heavy atom. The van der Waals surface area contributed by atoms with Gasteiger partial charge in [0.1, 0.15) is 17.3 Å². The lowest BCUT2D eigenvalue weighted by atomic mass is 10.1. The van der Waals surface area contributed by atoms with Crippen molar-refractivity contribution in [2.24, 2.45) is 0 Å². The highest BCUT2D eigenvalue weighted by molar-refractivity contribution is 6.24. The van der Waals surface area contributed by atoms with Crippen LogP contribution in [0.4, 0.5) is 0 Å². The molecule has 3 rings (SSSR count). The minimum absolute atomic E-state index is 0. The van der Waals surface area contributed by atoms with Crippen molar-refractivity contribution in [1.29, 1.82) is 2.67 Å². The van der Waals surface area contributed by atoms with Gasteiger partial charge < -0.3 is 112 Å². The van der Waals surface area contributed by atoms with Gasteiger partial charge in [0.05, 0.1) is 142 Å². The van der Waals surface area contributed by atoms with Crippen LogP contribution >= 0.6 is 0 Å². The fourth-order valence-electron chi connectivity index (χ4n) is 6.74. The van der Waals surface area contributed by atoms with Crippen LogP contribution in [0, 0.1) is 0 Å². The van der Waals surface area contributed by atoms with Crippen molar-refractivity contribution < 1.29 is 141 Å². The molecule has 3 aliphatic rings. The van der Waals surface area contributed by atoms with Crippen molar-refractivity contribution in [3.8, 4) is 0 Å². The Morgan fingerprint density at radius 1 is 0.435 bits per heavy atom. The predicted octanol–water partition coefficient (Wildman–Crippen LogP) is 3.60. The number of hydrogen-bond acceptors (Lipinski definition) is 27. The summed E-state index contributed by atoms with van der Waals surface area (Å²) in [5.74, 6) is -4.21. The summed E-state index contributed by atoms with van der Waals surface area (Å²) in [6, 6.07) is 0. The molecule has 3 aliphatic heterocycles. The molecule has 0 radical (unpaired) electrons. The highest BCUT2D eigenvalue weighted by Crippen LogP contribution is 2.30. The molecule has 31 heteroatoms. The molecule has 0 aromatic rings. The molecule has 92 heavy (non-hydrogen) atoms. The molecule has 542 valence electrons. The Hall–Kier alpha value is -4.60. The maximum atomic E-state index is 11.8. The van der Waals surface area contributed by atoms with E-state index in [4.69, 9.17) is 79.9 Å². The number of aliphatic hydroxyl groups excluding tert-OH is 4. The van der Waals surface area contributed by atoms with Gasteiger partial charge in [0.25, 0.3) is 14.9 Å². The van der Waals surface area contributed by atoms with E-state index in [0.717, 1.165) is 0 Å². The fourth-order valence-corrected chi connectivity index (χ4v) is 6.74. The molecule has 0 amide bonds. The first-order chi connectivity index (χ1) is 43.0. The monoisotopic (exact) mass is 1340 g/mol. The lowest BCUT2D eigenvalue weighted by Crippen LogP contribution is -2.27. The van der Waals surface area contributed by atoms with Crippen molar-refractivity contribution >= 4 is 68.1 Å². The van der Waals surface area contributed by atoms with E-state index in [1.54, 1.807) is 13.6 Å². The largest absolute Gasteiger partial charge is 0.466 e. The number of rotatable bonds is 37. The predicted molar refractivity (Wildman–Crippen MR) is 340 cm³/mol. The van der Waals surface area contributed by atoms with E-state index in [2.05, 4.69) is 9.31 Å². The van der Waals surface area contributed by atoms with Gasteiger partial charge in [0.2, 0.25) is 0 Å². The number of Topliss-reactive ketones (excluding diaryl/α,β-unsaturated/α-hetero) is 3. The average molecular weight is 1340 g/mol. The van der Waals surface area contributed by atoms with Crippen molar-refractivity contribution in [3.63, 3.8) is 0 Å². The molecule has 0 saturated carbocycles. The van der Waals surface area contributed by atoms with Crippen molar-refractivity contribution in [2.45, 2.75) is 253 Å². The van der Waals surface area contributed by atoms with Gasteiger partial charge in [-0.1, -0.05) is 13.6 Å². The molecule has 3 saturated heterocycles. The zero-order valence-corrected chi connectivity index (χ0v) is 57.7. The standard InChI is InChI=1S/C20H34O8.C17H28O7.C14H22O6.2C3H8O2.2C2H7BO.2H2O/c1-15-13-25-19(3,27-15)9-7-17(21)23-11-5-6-12-24-18(22)8-10-20(4)26-14-16(2)28-20;1-13(18)6-7-15(19)21-10-4-5-11-22-16(20)8-9-17(3)23-12-14(2)24-17;1-11(15)5-7-13(17)19-9-3-4-10-20-14(18)8-6-12(2)16;2*1-3(5)2-4;2*1-3-4-2;;/h15-16H,5-14H2,1-4H3;14H,4-12H2,1-3H3;3-10H2,1-2H3;2*3-5H,2H2,1H3;2*3H,1-2H3;2*1H2/i;;;;;2*3D;;. The molecular weight excluding hydrogens is 1220 g/mol. The molecule has 0 aromatic heterocycles. The molecule has 0 aromatic carbocycles. The van der Waals surface area contributed by atoms with Gasteiger partial charge in [0.15, 0.2) is 17.4 Å². The SMILES string of the molecule is CC(=O)CCC(=O)OCCCCOC(=O)CCC(C)=O.CC(=O)CCC(=O)OCCCCOC(=O)CCC1(C)OCC(C)O1.CC(O)CO.CC(O)CO.CC1COC(C)(CCC(=O)OCCCCOC(=O)CCC2(C)OCC(C)O2)O1.O.O.[2H]B(C)OC.[2H]B(C)OC. The van der Waals surface area contributed by atoms with Crippen LogP contribution in [0.2, 0.25) is 13.6 Å². The molecule has 29 nitrogen and oxygen atoms in total. The van der Waals surface area contributed by atoms with Crippen molar-refractivity contribution in [1.82, 2.24) is 0 Å². The summed E-state index contributed by atoms with van der Waals surface area (Å²) in [5.41, 5.74) is 0. The minimum atomic E-state index is -0.702. The smallest absolute Gasteiger partial charge is 0.306 e. The molecule has 8 unspecified atom stereocenters. The van der Waals surface area contributed by atoms with E-state index in [1.807, 2.05) is 41.5 Å². The van der Waals surface area contributed by atoms with Crippen LogP contribution in [0.15, 0.2) is 0 Å². The zero-order valence-electron chi connectivity index (χ0n) is 59.7. The molecule has 3 fully saturated rings. The van der Waals surface area contributed by atoms with Crippen LogP contribution in [-0.2, 0) is 109 Å². The molecule has 0 spiro atoms. The van der Waals surface area contributed by atoms with Crippen LogP contribution in [0.5, 0.6) is 0 Å². The van der Waals surface area contributed by atoms with Crippen LogP contribution < -0.4 is 0 Å². The van der Waals surface area contributed by atoms with Gasteiger partial charge >= 0.3 is 35.8 Å². The summed E-state index contributed by atoms with van der Waals surface area (Å²) in [7, 11) is 2.29. The summed E-state index contributed by atoms with van der Waals surface area (Å²) in [5, 5.41) is 32.0. The number of unbranched alkanes of at least 4 members (excludes halogenated alkanes) is 3. The number of esters is 6. The van der Waals surface area contributed by atoms with Crippen LogP contribution in [-0.4, -0.2) is 237 Å². The van der Waals surface area contributed by atoms with Gasteiger partial charge in [-0.2, -0.15) is 0 Å². The van der Waals surface area contributed by atoms with E-state index in [1.165, 1.54) is 48.8 Å². The molecular formula is C61H118B2O29. The van der Waals surface area contributed by atoms with Crippen molar-refractivity contribution in [2.75, 3.05) is 86.9 Å². The van der Waals surface area contributed by atoms with Gasteiger partial charge in [-0.05, 0) is 115 Å². The van der Waals surface area contributed by atoms with Gasteiger partial charge in [-0.25, -0.2) is 0 Å². The zero-order chi connectivity index (χ0) is 71.1. The lowest BCUT2D eigenvalue weighted by molar-refractivity contribution is -0.167. The lowest BCUT2D eigenvalue weighted by Gasteiger charge is -2.22. The summed E-state index contributed by atoms with van der Waals surface area (Å²) in [4.78, 5) is 101. The molecule has 3 heterocycles. The number of ketones is 3. The van der Waals surface area contributed by atoms with Crippen molar-refractivity contribution in [3.05, 3.63) is 0 Å². The molecule has 0 bridgehead atoms. The Labute approximate surface area is 550 Å². The highest BCUT2D eigenvalue weighted by Gasteiger charge is 2.37. The third-order valence-electron chi connectivity index (χ3n) is 11.8. The van der Waals surface area contributed by atoms with Crippen LogP contribution in [0.25, 0.3) is 0 Å². The second-order valence-electron chi connectivity index (χ2n) is 21.7. The van der Waals surface area contributed by atoms with Crippen LogP contribution in [0.3, 0.4) is 0 Å². The Balaban J connectivity index is -0.000000268. The first kappa shape index (κ1) is 93.8. The minimum Gasteiger partial charge on any atom is -0.466 e. The third-order valence-corrected chi connectivity index (χ3v) is 11.8. The highest BCUT2D eigenvalue weighted by atomic mass is 16.8. The summed E-state index contributed by atoms with van der Waals surface area (Å²) in [6.45, 7) is 25.0. The number of hydrogen-bond donors (Lipinski definition) is 4. The van der Waals surface area contributed by atoms with E-state index in [9.17, 15) is 43.2 Å². The molecule has 8 atom stereocenters. The number of ether oxygens (including phenoxy) is 12. The fraction of sp³-hybridized carbons (Fsp3) is 0.852. The molecule has 0 aliphatic carbocycles. The first-order valence-corrected chi connectivity index (χ1v) is 30.9. The quantitative estimate of drug-likeness (QED) is 0.0299. The second-order valence-corrected chi connectivity index (χ2v) is 21.7. The number of aliphatic hydroxyl groups is 4. The van der Waals surface area contributed by atoms with Gasteiger partial charge in [0, 0.05) is 55.4 Å². The molecule has 8 N–H and O–H groups in total. The summed E-state index contributed by atoms with van der Waals surface area (Å²) < 4.78 is 85.9. The maximum Gasteiger partial charge on any atom is 0.306 e.